The van der Waals surface area contributed by atoms with Crippen molar-refractivity contribution in [3.63, 3.8) is 0 Å². The van der Waals surface area contributed by atoms with Gasteiger partial charge in [0.15, 0.2) is 11.7 Å². The highest BCUT2D eigenvalue weighted by atomic mass is 15.1. The molecule has 0 bridgehead atoms. The highest BCUT2D eigenvalue weighted by molar-refractivity contribution is 5.97. The van der Waals surface area contributed by atoms with E-state index in [-0.39, 0.29) is 0 Å². The molecule has 0 fully saturated rings. The largest absolute Gasteiger partial charge is 0.388 e. The Morgan fingerprint density at radius 3 is 2.62 bits per heavy atom. The molecule has 0 aliphatic carbocycles. The van der Waals surface area contributed by atoms with Crippen LogP contribution < -0.4 is 11.1 Å². The number of aromatic nitrogens is 3. The third kappa shape index (κ3) is 4.16. The van der Waals surface area contributed by atoms with E-state index in [1.54, 1.807) is 24.8 Å². The Kier molecular flexibility index (Phi) is 6.68. The van der Waals surface area contributed by atoms with Gasteiger partial charge in [-0.2, -0.15) is 0 Å². The summed E-state index contributed by atoms with van der Waals surface area (Å²) < 4.78 is 1.82. The topological polar surface area (TPSA) is 81.1 Å². The molecule has 0 amide bonds. The van der Waals surface area contributed by atoms with Gasteiger partial charge in [0, 0.05) is 36.9 Å². The third-order valence-corrected chi connectivity index (χ3v) is 3.57. The van der Waals surface area contributed by atoms with E-state index < -0.39 is 0 Å². The first-order valence-electron chi connectivity index (χ1n) is 8.45. The zero-order chi connectivity index (χ0) is 18.9. The van der Waals surface area contributed by atoms with Crippen molar-refractivity contribution in [1.82, 2.24) is 14.5 Å². The summed E-state index contributed by atoms with van der Waals surface area (Å²) >= 11 is 0. The molecule has 1 aromatic carbocycles. The Morgan fingerprint density at radius 1 is 1.23 bits per heavy atom. The molecule has 3 N–H and O–H groups in total. The maximum absolute atomic E-state index is 6.17. The summed E-state index contributed by atoms with van der Waals surface area (Å²) in [4.78, 5) is 12.9. The predicted octanol–water partition coefficient (Wildman–Crippen LogP) is 4.15. The van der Waals surface area contributed by atoms with E-state index in [9.17, 15) is 0 Å². The van der Waals surface area contributed by atoms with Crippen LogP contribution >= 0.6 is 0 Å². The Bertz CT molecular complexity index is 880. The van der Waals surface area contributed by atoms with Gasteiger partial charge in [0.1, 0.15) is 0 Å². The number of anilines is 1. The molecule has 0 aliphatic heterocycles. The maximum Gasteiger partial charge on any atom is 0.180 e. The van der Waals surface area contributed by atoms with Gasteiger partial charge >= 0.3 is 0 Å². The van der Waals surface area contributed by atoms with Crippen LogP contribution in [-0.2, 0) is 0 Å². The summed E-state index contributed by atoms with van der Waals surface area (Å²) in [6.45, 7) is 7.85. The second kappa shape index (κ2) is 9.17. The van der Waals surface area contributed by atoms with Crippen LogP contribution in [0.1, 0.15) is 19.7 Å². The number of nitrogens with zero attached hydrogens (tertiary/aromatic N) is 4. The van der Waals surface area contributed by atoms with Crippen LogP contribution in [-0.4, -0.2) is 27.4 Å². The molecule has 6 heteroatoms. The van der Waals surface area contributed by atoms with E-state index in [2.05, 4.69) is 26.9 Å². The Labute approximate surface area is 154 Å². The van der Waals surface area contributed by atoms with Crippen molar-refractivity contribution in [2.24, 2.45) is 10.7 Å². The summed E-state index contributed by atoms with van der Waals surface area (Å²) in [5.74, 6) is 0.870. The average Bonchev–Trinajstić information content (AvgIpc) is 3.14. The van der Waals surface area contributed by atoms with Crippen molar-refractivity contribution < 1.29 is 0 Å². The smallest absolute Gasteiger partial charge is 0.180 e. The van der Waals surface area contributed by atoms with Crippen molar-refractivity contribution in [3.05, 3.63) is 67.4 Å². The predicted molar refractivity (Wildman–Crippen MR) is 110 cm³/mol. The Morgan fingerprint density at radius 2 is 1.96 bits per heavy atom. The van der Waals surface area contributed by atoms with Crippen molar-refractivity contribution >= 4 is 23.4 Å². The van der Waals surface area contributed by atoms with Gasteiger partial charge in [-0.1, -0.05) is 26.5 Å². The fraction of sp³-hybridized carbons (Fsp3) is 0.150. The third-order valence-electron chi connectivity index (χ3n) is 3.57. The van der Waals surface area contributed by atoms with Crippen LogP contribution in [0, 0.1) is 0 Å². The van der Waals surface area contributed by atoms with Gasteiger partial charge < -0.3 is 11.1 Å². The number of pyridine rings is 1. The van der Waals surface area contributed by atoms with Gasteiger partial charge in [0.05, 0.1) is 17.6 Å². The van der Waals surface area contributed by atoms with Crippen molar-refractivity contribution in [1.29, 1.82) is 0 Å². The van der Waals surface area contributed by atoms with E-state index in [1.165, 1.54) is 0 Å². The zero-order valence-electron chi connectivity index (χ0n) is 15.3. The zero-order valence-corrected chi connectivity index (χ0v) is 15.3. The molecule has 2 heterocycles. The lowest BCUT2D eigenvalue weighted by molar-refractivity contribution is 1.10. The molecule has 3 rings (SSSR count). The summed E-state index contributed by atoms with van der Waals surface area (Å²) in [5, 5.41) is 3.08. The number of imidazole rings is 1. The van der Waals surface area contributed by atoms with Gasteiger partial charge in [-0.25, -0.2) is 9.98 Å². The molecule has 0 aliphatic rings. The van der Waals surface area contributed by atoms with Crippen LogP contribution in [0.3, 0.4) is 0 Å². The summed E-state index contributed by atoms with van der Waals surface area (Å²) in [5.41, 5.74) is 9.75. The van der Waals surface area contributed by atoms with Crippen LogP contribution in [0.4, 0.5) is 11.4 Å². The second-order valence-electron chi connectivity index (χ2n) is 5.05. The van der Waals surface area contributed by atoms with E-state index in [4.69, 9.17) is 5.73 Å². The SMILES string of the molecule is C=Cn1c(-c2ccncc2)cnc1C(N)=Nc1cccc(NC)c1.CC. The molecule has 0 unspecified atom stereocenters. The van der Waals surface area contributed by atoms with Crippen LogP contribution in [0.2, 0.25) is 0 Å². The molecule has 0 saturated carbocycles. The van der Waals surface area contributed by atoms with Gasteiger partial charge in [0.25, 0.3) is 0 Å². The molecule has 0 spiro atoms. The van der Waals surface area contributed by atoms with Crippen LogP contribution in [0.5, 0.6) is 0 Å². The molecule has 0 atom stereocenters. The number of nitrogens with one attached hydrogen (secondary N) is 1. The van der Waals surface area contributed by atoms with Gasteiger partial charge in [-0.15, -0.1) is 0 Å². The quantitative estimate of drug-likeness (QED) is 0.536. The van der Waals surface area contributed by atoms with Crippen LogP contribution in [0.25, 0.3) is 17.5 Å². The lowest BCUT2D eigenvalue weighted by Gasteiger charge is -2.07. The summed E-state index contributed by atoms with van der Waals surface area (Å²) in [6.07, 6.45) is 6.88. The average molecular weight is 348 g/mol. The highest BCUT2D eigenvalue weighted by Crippen LogP contribution is 2.22. The lowest BCUT2D eigenvalue weighted by atomic mass is 10.2. The van der Waals surface area contributed by atoms with E-state index in [0.29, 0.717) is 11.7 Å². The standard InChI is InChI=1S/C18H18N6.C2H6/c1-3-24-16(13-7-9-21-10-8-13)12-22-18(24)17(19)23-15-6-4-5-14(11-15)20-2;1-2/h3-12,20H,1H2,2H3,(H2,19,23);1-2H3. The minimum Gasteiger partial charge on any atom is -0.388 e. The molecule has 3 aromatic rings. The molecule has 6 nitrogen and oxygen atoms in total. The molecular formula is C20H24N6. The maximum atomic E-state index is 6.17. The van der Waals surface area contributed by atoms with Crippen molar-refractivity contribution in [2.75, 3.05) is 12.4 Å². The number of nitrogens with two attached hydrogens (primary N) is 1. The number of aliphatic imine (C=N–C) groups is 1. The van der Waals surface area contributed by atoms with Gasteiger partial charge in [0.2, 0.25) is 0 Å². The number of amidine groups is 1. The molecule has 134 valence electrons. The van der Waals surface area contributed by atoms with Crippen molar-refractivity contribution in [2.45, 2.75) is 13.8 Å². The number of rotatable bonds is 5. The second-order valence-corrected chi connectivity index (χ2v) is 5.05. The van der Waals surface area contributed by atoms with Crippen molar-refractivity contribution in [3.8, 4) is 11.3 Å². The first kappa shape index (κ1) is 18.9. The van der Waals surface area contributed by atoms with E-state index >= 15 is 0 Å². The molecule has 2 aromatic heterocycles. The number of benzene rings is 1. The minimum absolute atomic E-state index is 0.323. The fourth-order valence-electron chi connectivity index (χ4n) is 2.39. The normalized spacial score (nSPS) is 10.7. The first-order valence-corrected chi connectivity index (χ1v) is 8.45. The van der Waals surface area contributed by atoms with E-state index in [1.807, 2.05) is 61.9 Å². The summed E-state index contributed by atoms with van der Waals surface area (Å²) in [6, 6.07) is 11.5. The fourth-order valence-corrected chi connectivity index (χ4v) is 2.39. The monoisotopic (exact) mass is 348 g/mol. The Balaban J connectivity index is 0.00000117. The Hall–Kier alpha value is -3.41. The highest BCUT2D eigenvalue weighted by Gasteiger charge is 2.12. The molecule has 0 radical (unpaired) electrons. The first-order chi connectivity index (χ1) is 12.7. The molecule has 26 heavy (non-hydrogen) atoms. The molecular weight excluding hydrogens is 324 g/mol. The summed E-state index contributed by atoms with van der Waals surface area (Å²) in [7, 11) is 1.86. The van der Waals surface area contributed by atoms with E-state index in [0.717, 1.165) is 22.6 Å². The molecule has 0 saturated heterocycles. The lowest BCUT2D eigenvalue weighted by Crippen LogP contribution is -2.18. The number of hydrogen-bond donors (Lipinski definition) is 2. The number of hydrogen-bond acceptors (Lipinski definition) is 4. The van der Waals surface area contributed by atoms with Gasteiger partial charge in [-0.3, -0.25) is 9.55 Å². The minimum atomic E-state index is 0.323. The van der Waals surface area contributed by atoms with Gasteiger partial charge in [-0.05, 0) is 30.3 Å². The van der Waals surface area contributed by atoms with Crippen LogP contribution in [0.15, 0.2) is 66.6 Å².